The normalized spacial score (nSPS) is 18.7. The molecule has 2 aromatic rings. The van der Waals surface area contributed by atoms with E-state index in [9.17, 15) is 4.79 Å². The molecule has 3 rings (SSSR count). The minimum Gasteiger partial charge on any atom is -0.379 e. The highest BCUT2D eigenvalue weighted by Gasteiger charge is 2.17. The van der Waals surface area contributed by atoms with Gasteiger partial charge < -0.3 is 15.4 Å². The smallest absolute Gasteiger partial charge is 0.319 e. The molecule has 0 bridgehead atoms. The minimum absolute atomic E-state index is 0.116. The Balaban J connectivity index is 1.68. The van der Waals surface area contributed by atoms with Crippen molar-refractivity contribution >= 4 is 33.3 Å². The van der Waals surface area contributed by atoms with Crippen LogP contribution in [-0.4, -0.2) is 30.3 Å². The van der Waals surface area contributed by atoms with Gasteiger partial charge in [-0.3, -0.25) is 0 Å². The van der Waals surface area contributed by atoms with Crippen LogP contribution in [0.15, 0.2) is 18.2 Å². The van der Waals surface area contributed by atoms with Crippen molar-refractivity contribution < 1.29 is 9.53 Å². The van der Waals surface area contributed by atoms with E-state index in [0.717, 1.165) is 33.9 Å². The van der Waals surface area contributed by atoms with Crippen molar-refractivity contribution in [1.82, 2.24) is 10.3 Å². The number of benzene rings is 1. The molecule has 1 fully saturated rings. The second-order valence-corrected chi connectivity index (χ2v) is 5.81. The molecule has 100 valence electrons. The summed E-state index contributed by atoms with van der Waals surface area (Å²) < 4.78 is 6.35. The van der Waals surface area contributed by atoms with Crippen LogP contribution in [0.4, 0.5) is 10.5 Å². The van der Waals surface area contributed by atoms with Crippen LogP contribution in [0.25, 0.3) is 10.2 Å². The number of hydrogen-bond donors (Lipinski definition) is 2. The maximum Gasteiger partial charge on any atom is 0.319 e. The van der Waals surface area contributed by atoms with Crippen molar-refractivity contribution in [3.05, 3.63) is 23.2 Å². The lowest BCUT2D eigenvalue weighted by molar-refractivity contribution is 0.189. The molecule has 0 unspecified atom stereocenters. The van der Waals surface area contributed by atoms with E-state index in [2.05, 4.69) is 15.6 Å². The van der Waals surface area contributed by atoms with Gasteiger partial charge in [-0.1, -0.05) is 0 Å². The molecule has 1 atom stereocenters. The standard InChI is InChI=1S/C13H15N3O2S/c1-8-14-11-6-9(2-3-12(11)19-8)15-13(17)16-10-4-5-18-7-10/h2-3,6,10H,4-5,7H2,1H3,(H2,15,16,17)/t10-/m0/s1. The van der Waals surface area contributed by atoms with Crippen molar-refractivity contribution in [2.45, 2.75) is 19.4 Å². The molecule has 0 radical (unpaired) electrons. The van der Waals surface area contributed by atoms with Gasteiger partial charge in [-0.15, -0.1) is 11.3 Å². The summed E-state index contributed by atoms with van der Waals surface area (Å²) in [6.07, 6.45) is 0.873. The Bertz CT molecular complexity index is 605. The quantitative estimate of drug-likeness (QED) is 0.886. The summed E-state index contributed by atoms with van der Waals surface area (Å²) in [5.41, 5.74) is 1.68. The average molecular weight is 277 g/mol. The molecule has 0 aliphatic carbocycles. The van der Waals surface area contributed by atoms with E-state index < -0.39 is 0 Å². The summed E-state index contributed by atoms with van der Waals surface area (Å²) in [7, 11) is 0. The Morgan fingerprint density at radius 3 is 3.21 bits per heavy atom. The third-order valence-electron chi connectivity index (χ3n) is 3.02. The van der Waals surface area contributed by atoms with Crippen LogP contribution < -0.4 is 10.6 Å². The van der Waals surface area contributed by atoms with Crippen LogP contribution in [0.1, 0.15) is 11.4 Å². The predicted molar refractivity (Wildman–Crippen MR) is 75.7 cm³/mol. The summed E-state index contributed by atoms with van der Waals surface area (Å²) in [5, 5.41) is 6.74. The number of urea groups is 1. The zero-order valence-electron chi connectivity index (χ0n) is 10.6. The Morgan fingerprint density at radius 2 is 2.42 bits per heavy atom. The topological polar surface area (TPSA) is 63.2 Å². The number of nitrogens with one attached hydrogen (secondary N) is 2. The van der Waals surface area contributed by atoms with Gasteiger partial charge in [0, 0.05) is 12.3 Å². The Morgan fingerprint density at radius 1 is 1.53 bits per heavy atom. The molecule has 2 N–H and O–H groups in total. The van der Waals surface area contributed by atoms with Crippen molar-refractivity contribution in [1.29, 1.82) is 0 Å². The molecule has 19 heavy (non-hydrogen) atoms. The Labute approximate surface area is 115 Å². The molecule has 2 amide bonds. The average Bonchev–Trinajstić information content (AvgIpc) is 2.96. The first kappa shape index (κ1) is 12.4. The number of hydrogen-bond acceptors (Lipinski definition) is 4. The first-order chi connectivity index (χ1) is 9.20. The number of aromatic nitrogens is 1. The number of amides is 2. The lowest BCUT2D eigenvalue weighted by Crippen LogP contribution is -2.38. The van der Waals surface area contributed by atoms with E-state index in [1.54, 1.807) is 11.3 Å². The van der Waals surface area contributed by atoms with E-state index in [1.807, 2.05) is 25.1 Å². The second kappa shape index (κ2) is 5.14. The van der Waals surface area contributed by atoms with Crippen molar-refractivity contribution in [2.24, 2.45) is 0 Å². The van der Waals surface area contributed by atoms with Gasteiger partial charge in [0.05, 0.1) is 27.9 Å². The largest absolute Gasteiger partial charge is 0.379 e. The van der Waals surface area contributed by atoms with Gasteiger partial charge in [0.25, 0.3) is 0 Å². The number of anilines is 1. The molecule has 0 saturated carbocycles. The summed E-state index contributed by atoms with van der Waals surface area (Å²) in [4.78, 5) is 16.2. The van der Waals surface area contributed by atoms with Crippen LogP contribution in [-0.2, 0) is 4.74 Å². The van der Waals surface area contributed by atoms with Gasteiger partial charge in [0.15, 0.2) is 0 Å². The lowest BCUT2D eigenvalue weighted by atomic mass is 10.2. The van der Waals surface area contributed by atoms with Crippen LogP contribution in [0.3, 0.4) is 0 Å². The molecule has 6 heteroatoms. The fourth-order valence-electron chi connectivity index (χ4n) is 2.12. The Kier molecular flexibility index (Phi) is 3.35. The number of aryl methyl sites for hydroxylation is 1. The van der Waals surface area contributed by atoms with Gasteiger partial charge in [0.2, 0.25) is 0 Å². The fraction of sp³-hybridized carbons (Fsp3) is 0.385. The molecule has 1 aliphatic heterocycles. The van der Waals surface area contributed by atoms with Crippen LogP contribution >= 0.6 is 11.3 Å². The highest BCUT2D eigenvalue weighted by Crippen LogP contribution is 2.24. The van der Waals surface area contributed by atoms with E-state index in [0.29, 0.717) is 6.61 Å². The van der Waals surface area contributed by atoms with Crippen LogP contribution in [0.2, 0.25) is 0 Å². The molecule has 5 nitrogen and oxygen atoms in total. The van der Waals surface area contributed by atoms with Gasteiger partial charge >= 0.3 is 6.03 Å². The summed E-state index contributed by atoms with van der Waals surface area (Å²) in [6, 6.07) is 5.69. The monoisotopic (exact) mass is 277 g/mol. The van der Waals surface area contributed by atoms with E-state index in [1.165, 1.54) is 0 Å². The third kappa shape index (κ3) is 2.85. The maximum absolute atomic E-state index is 11.8. The SMILES string of the molecule is Cc1nc2cc(NC(=O)N[C@H]3CCOC3)ccc2s1. The van der Waals surface area contributed by atoms with Crippen molar-refractivity contribution in [3.63, 3.8) is 0 Å². The van der Waals surface area contributed by atoms with Gasteiger partial charge in [-0.2, -0.15) is 0 Å². The molecular weight excluding hydrogens is 262 g/mol. The summed E-state index contributed by atoms with van der Waals surface area (Å²) >= 11 is 1.65. The molecule has 1 aliphatic rings. The third-order valence-corrected chi connectivity index (χ3v) is 3.97. The fourth-order valence-corrected chi connectivity index (χ4v) is 2.93. The van der Waals surface area contributed by atoms with Crippen LogP contribution in [0, 0.1) is 6.92 Å². The molecule has 2 heterocycles. The van der Waals surface area contributed by atoms with Gasteiger partial charge in [-0.05, 0) is 31.5 Å². The predicted octanol–water partition coefficient (Wildman–Crippen LogP) is 2.52. The maximum atomic E-state index is 11.8. The number of fused-ring (bicyclic) bond motifs is 1. The van der Waals surface area contributed by atoms with Crippen molar-refractivity contribution in [2.75, 3.05) is 18.5 Å². The molecule has 1 aromatic heterocycles. The number of carbonyl (C=O) groups is 1. The number of thiazole rings is 1. The second-order valence-electron chi connectivity index (χ2n) is 4.57. The van der Waals surface area contributed by atoms with Gasteiger partial charge in [-0.25, -0.2) is 9.78 Å². The van der Waals surface area contributed by atoms with E-state index in [4.69, 9.17) is 4.74 Å². The number of ether oxygens (including phenoxy) is 1. The number of nitrogens with zero attached hydrogens (tertiary/aromatic N) is 1. The summed E-state index contributed by atoms with van der Waals surface area (Å²) in [5.74, 6) is 0. The van der Waals surface area contributed by atoms with Gasteiger partial charge in [0.1, 0.15) is 0 Å². The molecule has 1 aromatic carbocycles. The number of rotatable bonds is 2. The Hall–Kier alpha value is -1.66. The van der Waals surface area contributed by atoms with E-state index in [-0.39, 0.29) is 12.1 Å². The first-order valence-electron chi connectivity index (χ1n) is 6.23. The van der Waals surface area contributed by atoms with E-state index >= 15 is 0 Å². The zero-order valence-corrected chi connectivity index (χ0v) is 11.4. The van der Waals surface area contributed by atoms with Crippen molar-refractivity contribution in [3.8, 4) is 0 Å². The molecular formula is C13H15N3O2S. The lowest BCUT2D eigenvalue weighted by Gasteiger charge is -2.11. The summed E-state index contributed by atoms with van der Waals surface area (Å²) in [6.45, 7) is 3.29. The molecule has 1 saturated heterocycles. The highest BCUT2D eigenvalue weighted by atomic mass is 32.1. The highest BCUT2D eigenvalue weighted by molar-refractivity contribution is 7.18. The van der Waals surface area contributed by atoms with Crippen LogP contribution in [0.5, 0.6) is 0 Å². The number of carbonyl (C=O) groups excluding carboxylic acids is 1. The first-order valence-corrected chi connectivity index (χ1v) is 7.05. The minimum atomic E-state index is -0.193. The zero-order chi connectivity index (χ0) is 13.2. The molecule has 0 spiro atoms.